The molecule has 46 heavy (non-hydrogen) atoms. The maximum absolute atomic E-state index is 12.4. The van der Waals surface area contributed by atoms with Gasteiger partial charge in [-0.3, -0.25) is 0 Å². The summed E-state index contributed by atoms with van der Waals surface area (Å²) in [6.07, 6.45) is -0.655. The van der Waals surface area contributed by atoms with Crippen LogP contribution in [0.3, 0.4) is 0 Å². The molecule has 0 aliphatic rings. The maximum Gasteiger partial charge on any atom is 0.408 e. The second kappa shape index (κ2) is 15.0. The van der Waals surface area contributed by atoms with Crippen molar-refractivity contribution in [1.29, 1.82) is 0 Å². The van der Waals surface area contributed by atoms with Crippen LogP contribution in [-0.2, 0) is 20.9 Å². The molecular formula is C40H43NO4P+. The predicted octanol–water partition coefficient (Wildman–Crippen LogP) is 7.57. The van der Waals surface area contributed by atoms with E-state index >= 15 is 0 Å². The van der Waals surface area contributed by atoms with Gasteiger partial charge in [-0.2, -0.15) is 0 Å². The quantitative estimate of drug-likeness (QED) is 0.135. The molecule has 1 N–H and O–H groups in total. The van der Waals surface area contributed by atoms with Crippen LogP contribution in [0.2, 0.25) is 0 Å². The second-order valence-corrected chi connectivity index (χ2v) is 15.3. The topological polar surface area (TPSA) is 64.6 Å². The molecule has 1 amide bonds. The molecule has 1 unspecified atom stereocenters. The minimum Gasteiger partial charge on any atom is -0.459 e. The van der Waals surface area contributed by atoms with Crippen LogP contribution in [-0.4, -0.2) is 23.7 Å². The molecule has 5 aromatic rings. The van der Waals surface area contributed by atoms with E-state index in [1.165, 1.54) is 21.2 Å². The summed E-state index contributed by atoms with van der Waals surface area (Å²) in [5.74, 6) is -0.525. The summed E-state index contributed by atoms with van der Waals surface area (Å²) >= 11 is 0. The van der Waals surface area contributed by atoms with E-state index in [0.29, 0.717) is 0 Å². The normalized spacial score (nSPS) is 11.9. The number of nitrogens with one attached hydrogen (secondary N) is 1. The van der Waals surface area contributed by atoms with E-state index in [0.717, 1.165) is 16.7 Å². The standard InChI is InChI=1S/C39H38NO4P.CH4/c1-29(40-38(42)44-39(2,3)4)37(41)43-28-30-20-22-31(23-21-30)32-24-26-36(27-25-32)45(33-14-8-5-9-15-33,34-16-10-6-11-17-34)35-18-12-7-13-19-35;/h5-27,29H,28H2,1-4H3;1H4/p+1. The molecule has 0 bridgehead atoms. The number of carbonyl (C=O) groups excluding carboxylic acids is 2. The Kier molecular flexibility index (Phi) is 11.2. The van der Waals surface area contributed by atoms with Gasteiger partial charge in [0.15, 0.2) is 0 Å². The third-order valence-corrected chi connectivity index (χ3v) is 11.7. The summed E-state index contributed by atoms with van der Waals surface area (Å²) < 4.78 is 10.7. The lowest BCUT2D eigenvalue weighted by molar-refractivity contribution is -0.147. The minimum absolute atomic E-state index is 0. The molecule has 5 rings (SSSR count). The lowest BCUT2D eigenvalue weighted by Crippen LogP contribution is -2.42. The Hall–Kier alpha value is -4.73. The summed E-state index contributed by atoms with van der Waals surface area (Å²) in [7, 11) is -2.15. The van der Waals surface area contributed by atoms with Crippen LogP contribution in [0.5, 0.6) is 0 Å². The number of hydrogen-bond donors (Lipinski definition) is 1. The maximum atomic E-state index is 12.4. The highest BCUT2D eigenvalue weighted by Crippen LogP contribution is 2.54. The fourth-order valence-corrected chi connectivity index (χ4v) is 9.59. The first-order chi connectivity index (χ1) is 21.7. The highest BCUT2D eigenvalue weighted by Gasteiger charge is 2.47. The first-order valence-corrected chi connectivity index (χ1v) is 16.9. The number of alkyl carbamates (subject to hydrolysis) is 1. The smallest absolute Gasteiger partial charge is 0.408 e. The molecule has 0 spiro atoms. The molecule has 6 heteroatoms. The van der Waals surface area contributed by atoms with Gasteiger partial charge >= 0.3 is 12.1 Å². The van der Waals surface area contributed by atoms with Crippen LogP contribution in [0.25, 0.3) is 11.1 Å². The van der Waals surface area contributed by atoms with Gasteiger partial charge < -0.3 is 14.8 Å². The van der Waals surface area contributed by atoms with Crippen LogP contribution in [0.15, 0.2) is 140 Å². The molecule has 0 aliphatic carbocycles. The predicted molar refractivity (Wildman–Crippen MR) is 192 cm³/mol. The van der Waals surface area contributed by atoms with Crippen molar-refractivity contribution in [1.82, 2.24) is 5.32 Å². The molecule has 0 aliphatic heterocycles. The van der Waals surface area contributed by atoms with Gasteiger partial charge in [0.2, 0.25) is 0 Å². The Morgan fingerprint density at radius 2 is 1.02 bits per heavy atom. The van der Waals surface area contributed by atoms with Crippen molar-refractivity contribution in [3.8, 4) is 11.1 Å². The SMILES string of the molecule is C.CC(NC(=O)OC(C)(C)C)C(=O)OCc1ccc(-c2ccc([P+](c3ccccc3)(c3ccccc3)c3ccccc3)cc2)cc1. The lowest BCUT2D eigenvalue weighted by atomic mass is 10.0. The third kappa shape index (κ3) is 7.91. The van der Waals surface area contributed by atoms with Gasteiger partial charge in [-0.15, -0.1) is 0 Å². The fraction of sp³-hybridized carbons (Fsp3) is 0.200. The zero-order valence-corrected chi connectivity index (χ0v) is 27.0. The summed E-state index contributed by atoms with van der Waals surface area (Å²) in [6, 6.07) is 48.6. The second-order valence-electron chi connectivity index (χ2n) is 11.9. The molecule has 236 valence electrons. The highest BCUT2D eigenvalue weighted by atomic mass is 31.2. The van der Waals surface area contributed by atoms with E-state index in [2.05, 4.69) is 121 Å². The molecule has 0 fully saturated rings. The number of benzene rings is 5. The van der Waals surface area contributed by atoms with Crippen molar-refractivity contribution in [2.24, 2.45) is 0 Å². The Balaban J connectivity index is 0.00000480. The van der Waals surface area contributed by atoms with Crippen LogP contribution in [0.1, 0.15) is 40.7 Å². The van der Waals surface area contributed by atoms with Gasteiger partial charge in [0, 0.05) is 0 Å². The van der Waals surface area contributed by atoms with E-state index in [-0.39, 0.29) is 14.0 Å². The Bertz CT molecular complexity index is 1600. The van der Waals surface area contributed by atoms with Gasteiger partial charge in [-0.05, 0) is 92.9 Å². The summed E-state index contributed by atoms with van der Waals surface area (Å²) in [6.45, 7) is 6.98. The molecule has 0 aromatic heterocycles. The molecular weight excluding hydrogens is 589 g/mol. The van der Waals surface area contributed by atoms with Gasteiger partial charge in [-0.25, -0.2) is 9.59 Å². The van der Waals surface area contributed by atoms with E-state index in [9.17, 15) is 9.59 Å². The number of rotatable bonds is 9. The van der Waals surface area contributed by atoms with Crippen molar-refractivity contribution in [3.05, 3.63) is 145 Å². The van der Waals surface area contributed by atoms with Crippen molar-refractivity contribution in [2.45, 2.75) is 53.4 Å². The van der Waals surface area contributed by atoms with E-state index in [4.69, 9.17) is 9.47 Å². The molecule has 0 heterocycles. The highest BCUT2D eigenvalue weighted by molar-refractivity contribution is 8.01. The van der Waals surface area contributed by atoms with Gasteiger partial charge in [-0.1, -0.05) is 98.4 Å². The molecule has 5 aromatic carbocycles. The Morgan fingerprint density at radius 1 is 0.630 bits per heavy atom. The Labute approximate surface area is 273 Å². The van der Waals surface area contributed by atoms with Crippen molar-refractivity contribution in [3.63, 3.8) is 0 Å². The van der Waals surface area contributed by atoms with Crippen molar-refractivity contribution < 1.29 is 19.1 Å². The van der Waals surface area contributed by atoms with Gasteiger partial charge in [0.1, 0.15) is 46.7 Å². The van der Waals surface area contributed by atoms with E-state index in [1.807, 2.05) is 24.3 Å². The van der Waals surface area contributed by atoms with Crippen molar-refractivity contribution in [2.75, 3.05) is 0 Å². The summed E-state index contributed by atoms with van der Waals surface area (Å²) in [5, 5.41) is 7.73. The average Bonchev–Trinajstić information content (AvgIpc) is 3.05. The van der Waals surface area contributed by atoms with Crippen LogP contribution < -0.4 is 26.5 Å². The summed E-state index contributed by atoms with van der Waals surface area (Å²) in [4.78, 5) is 24.4. The summed E-state index contributed by atoms with van der Waals surface area (Å²) in [5.41, 5.74) is 2.38. The number of hydrogen-bond acceptors (Lipinski definition) is 4. The number of carbonyl (C=O) groups is 2. The number of amides is 1. The minimum atomic E-state index is -2.15. The van der Waals surface area contributed by atoms with Gasteiger partial charge in [0.25, 0.3) is 0 Å². The molecule has 0 saturated carbocycles. The molecule has 0 radical (unpaired) electrons. The first-order valence-electron chi connectivity index (χ1n) is 15.1. The monoisotopic (exact) mass is 632 g/mol. The average molecular weight is 633 g/mol. The molecule has 5 nitrogen and oxygen atoms in total. The van der Waals surface area contributed by atoms with Crippen LogP contribution in [0, 0.1) is 0 Å². The van der Waals surface area contributed by atoms with E-state index in [1.54, 1.807) is 27.7 Å². The largest absolute Gasteiger partial charge is 0.459 e. The fourth-order valence-electron chi connectivity index (χ4n) is 5.34. The first kappa shape index (κ1) is 34.1. The molecule has 0 saturated heterocycles. The molecule has 1 atom stereocenters. The zero-order valence-electron chi connectivity index (χ0n) is 26.1. The third-order valence-electron chi connectivity index (χ3n) is 7.44. The number of esters is 1. The van der Waals surface area contributed by atoms with Crippen molar-refractivity contribution >= 4 is 40.5 Å². The van der Waals surface area contributed by atoms with E-state index < -0.39 is 31.0 Å². The zero-order chi connectivity index (χ0) is 31.9. The van der Waals surface area contributed by atoms with Gasteiger partial charge in [0.05, 0.1) is 0 Å². The van der Waals surface area contributed by atoms with Crippen LogP contribution >= 0.6 is 7.26 Å². The Morgan fingerprint density at radius 3 is 1.43 bits per heavy atom. The van der Waals surface area contributed by atoms with Crippen LogP contribution in [0.4, 0.5) is 4.79 Å². The lowest BCUT2D eigenvalue weighted by Gasteiger charge is -2.27. The number of ether oxygens (including phenoxy) is 2.